The van der Waals surface area contributed by atoms with Crippen molar-refractivity contribution in [2.45, 2.75) is 13.3 Å². The maximum Gasteiger partial charge on any atom is 0.339 e. The van der Waals surface area contributed by atoms with Gasteiger partial charge in [0.25, 0.3) is 0 Å². The molecule has 0 atom stereocenters. The zero-order chi connectivity index (χ0) is 16.9. The molecule has 0 unspecified atom stereocenters. The topological polar surface area (TPSA) is 68.9 Å². The highest BCUT2D eigenvalue weighted by atomic mass is 16.5. The van der Waals surface area contributed by atoms with Crippen molar-refractivity contribution in [3.8, 4) is 17.2 Å². The van der Waals surface area contributed by atoms with Crippen LogP contribution in [0.1, 0.15) is 12.0 Å². The summed E-state index contributed by atoms with van der Waals surface area (Å²) >= 11 is 0. The summed E-state index contributed by atoms with van der Waals surface area (Å²) in [6.45, 7) is 3.03. The smallest absolute Gasteiger partial charge is 0.339 e. The first kappa shape index (κ1) is 15.9. The number of benzene rings is 2. The summed E-state index contributed by atoms with van der Waals surface area (Å²) in [6.07, 6.45) is 0.719. The molecular formula is C19H18O5. The zero-order valence-electron chi connectivity index (χ0n) is 13.3. The Morgan fingerprint density at radius 3 is 2.67 bits per heavy atom. The van der Waals surface area contributed by atoms with Crippen molar-refractivity contribution in [2.75, 3.05) is 13.2 Å². The van der Waals surface area contributed by atoms with Crippen LogP contribution in [-0.2, 0) is 0 Å². The third kappa shape index (κ3) is 3.68. The van der Waals surface area contributed by atoms with Crippen LogP contribution in [0.4, 0.5) is 0 Å². The van der Waals surface area contributed by atoms with Crippen LogP contribution >= 0.6 is 0 Å². The fraction of sp³-hybridized carbons (Fsp3) is 0.211. The molecule has 0 saturated carbocycles. The van der Waals surface area contributed by atoms with E-state index in [0.29, 0.717) is 29.9 Å². The van der Waals surface area contributed by atoms with E-state index in [1.807, 2.05) is 31.2 Å². The standard InChI is InChI=1S/C19H18O5/c1-13-5-2-3-6-17(13)23-10-4-9-22-14-7-8-15-16(20)12-19(21)24-18(15)11-14/h2-3,5-8,11-12,20H,4,9-10H2,1H3. The number of rotatable bonds is 6. The van der Waals surface area contributed by atoms with E-state index < -0.39 is 5.63 Å². The number of ether oxygens (including phenoxy) is 2. The maximum absolute atomic E-state index is 11.3. The van der Waals surface area contributed by atoms with Gasteiger partial charge in [-0.2, -0.15) is 0 Å². The highest BCUT2D eigenvalue weighted by Crippen LogP contribution is 2.26. The Balaban J connectivity index is 1.54. The monoisotopic (exact) mass is 326 g/mol. The number of aryl methyl sites for hydroxylation is 1. The summed E-state index contributed by atoms with van der Waals surface area (Å²) < 4.78 is 16.4. The molecule has 3 aromatic rings. The number of aromatic hydroxyl groups is 1. The molecule has 1 heterocycles. The molecule has 0 fully saturated rings. The lowest BCUT2D eigenvalue weighted by Gasteiger charge is -2.10. The largest absolute Gasteiger partial charge is 0.507 e. The van der Waals surface area contributed by atoms with E-state index in [4.69, 9.17) is 13.9 Å². The van der Waals surface area contributed by atoms with Crippen LogP contribution in [0.15, 0.2) is 57.7 Å². The minimum Gasteiger partial charge on any atom is -0.507 e. The van der Waals surface area contributed by atoms with Crippen LogP contribution < -0.4 is 15.1 Å². The van der Waals surface area contributed by atoms with E-state index >= 15 is 0 Å². The number of hydrogen-bond donors (Lipinski definition) is 1. The fourth-order valence-corrected chi connectivity index (χ4v) is 2.37. The molecule has 0 aliphatic heterocycles. The minimum atomic E-state index is -0.594. The lowest BCUT2D eigenvalue weighted by molar-refractivity contribution is 0.246. The molecule has 5 nitrogen and oxygen atoms in total. The van der Waals surface area contributed by atoms with Gasteiger partial charge in [0.05, 0.1) is 24.7 Å². The Morgan fingerprint density at radius 1 is 1.04 bits per heavy atom. The first-order valence-corrected chi connectivity index (χ1v) is 7.71. The van der Waals surface area contributed by atoms with Crippen LogP contribution in [0.5, 0.6) is 17.2 Å². The molecule has 24 heavy (non-hydrogen) atoms. The Hall–Kier alpha value is -2.95. The Kier molecular flexibility index (Phi) is 4.70. The molecule has 0 amide bonds. The Morgan fingerprint density at radius 2 is 1.83 bits per heavy atom. The predicted octanol–water partition coefficient (Wildman–Crippen LogP) is 3.65. The average molecular weight is 326 g/mol. The van der Waals surface area contributed by atoms with Crippen molar-refractivity contribution in [3.05, 3.63) is 64.5 Å². The lowest BCUT2D eigenvalue weighted by atomic mass is 10.2. The third-order valence-corrected chi connectivity index (χ3v) is 3.60. The van der Waals surface area contributed by atoms with Crippen molar-refractivity contribution in [1.29, 1.82) is 0 Å². The van der Waals surface area contributed by atoms with E-state index in [-0.39, 0.29) is 5.75 Å². The molecule has 0 aliphatic carbocycles. The Labute approximate surface area is 139 Å². The van der Waals surface area contributed by atoms with E-state index in [1.165, 1.54) is 0 Å². The minimum absolute atomic E-state index is 0.0977. The summed E-state index contributed by atoms with van der Waals surface area (Å²) in [5.41, 5.74) is 0.806. The predicted molar refractivity (Wildman–Crippen MR) is 90.9 cm³/mol. The lowest BCUT2D eigenvalue weighted by Crippen LogP contribution is -2.05. The molecule has 0 radical (unpaired) electrons. The van der Waals surface area contributed by atoms with E-state index in [0.717, 1.165) is 23.8 Å². The van der Waals surface area contributed by atoms with Gasteiger partial charge in [-0.1, -0.05) is 18.2 Å². The van der Waals surface area contributed by atoms with Crippen LogP contribution in [-0.4, -0.2) is 18.3 Å². The van der Waals surface area contributed by atoms with E-state index in [9.17, 15) is 9.90 Å². The molecule has 0 saturated heterocycles. The summed E-state index contributed by atoms with van der Waals surface area (Å²) in [5, 5.41) is 10.2. The van der Waals surface area contributed by atoms with Crippen LogP contribution in [0, 0.1) is 6.92 Å². The molecule has 1 N–H and O–H groups in total. The zero-order valence-corrected chi connectivity index (χ0v) is 13.3. The van der Waals surface area contributed by atoms with E-state index in [1.54, 1.807) is 18.2 Å². The third-order valence-electron chi connectivity index (χ3n) is 3.60. The van der Waals surface area contributed by atoms with Crippen LogP contribution in [0.25, 0.3) is 11.0 Å². The highest BCUT2D eigenvalue weighted by molar-refractivity contribution is 5.83. The van der Waals surface area contributed by atoms with Gasteiger partial charge in [0, 0.05) is 12.5 Å². The van der Waals surface area contributed by atoms with Crippen molar-refractivity contribution in [3.63, 3.8) is 0 Å². The molecule has 0 aliphatic rings. The molecule has 2 aromatic carbocycles. The summed E-state index contributed by atoms with van der Waals surface area (Å²) in [5.74, 6) is 1.35. The van der Waals surface area contributed by atoms with Crippen LogP contribution in [0.2, 0.25) is 0 Å². The van der Waals surface area contributed by atoms with Crippen molar-refractivity contribution < 1.29 is 19.0 Å². The van der Waals surface area contributed by atoms with E-state index in [2.05, 4.69) is 0 Å². The first-order valence-electron chi connectivity index (χ1n) is 7.71. The van der Waals surface area contributed by atoms with Gasteiger partial charge >= 0.3 is 5.63 Å². The molecular weight excluding hydrogens is 308 g/mol. The molecule has 5 heteroatoms. The number of fused-ring (bicyclic) bond motifs is 1. The van der Waals surface area contributed by atoms with Gasteiger partial charge in [-0.15, -0.1) is 0 Å². The van der Waals surface area contributed by atoms with Gasteiger partial charge in [-0.25, -0.2) is 4.79 Å². The summed E-state index contributed by atoms with van der Waals surface area (Å²) in [6, 6.07) is 13.9. The maximum atomic E-state index is 11.3. The fourth-order valence-electron chi connectivity index (χ4n) is 2.37. The molecule has 0 bridgehead atoms. The number of hydrogen-bond acceptors (Lipinski definition) is 5. The summed E-state index contributed by atoms with van der Waals surface area (Å²) in [4.78, 5) is 11.3. The normalized spacial score (nSPS) is 10.7. The molecule has 1 aromatic heterocycles. The second-order valence-corrected chi connectivity index (χ2v) is 5.42. The van der Waals surface area contributed by atoms with Gasteiger partial charge in [0.15, 0.2) is 0 Å². The summed E-state index contributed by atoms with van der Waals surface area (Å²) in [7, 11) is 0. The second kappa shape index (κ2) is 7.08. The number of para-hydroxylation sites is 1. The van der Waals surface area contributed by atoms with Gasteiger partial charge < -0.3 is 19.0 Å². The SMILES string of the molecule is Cc1ccccc1OCCCOc1ccc2c(O)cc(=O)oc2c1. The highest BCUT2D eigenvalue weighted by Gasteiger charge is 2.06. The first-order chi connectivity index (χ1) is 11.6. The van der Waals surface area contributed by atoms with Crippen molar-refractivity contribution >= 4 is 11.0 Å². The van der Waals surface area contributed by atoms with Gasteiger partial charge in [0.1, 0.15) is 22.8 Å². The molecule has 3 rings (SSSR count). The molecule has 124 valence electrons. The van der Waals surface area contributed by atoms with Gasteiger partial charge in [-0.3, -0.25) is 0 Å². The molecule has 0 spiro atoms. The second-order valence-electron chi connectivity index (χ2n) is 5.42. The van der Waals surface area contributed by atoms with Gasteiger partial charge in [0.2, 0.25) is 0 Å². The quantitative estimate of drug-likeness (QED) is 0.553. The van der Waals surface area contributed by atoms with Gasteiger partial charge in [-0.05, 0) is 30.7 Å². The average Bonchev–Trinajstić information content (AvgIpc) is 2.55. The van der Waals surface area contributed by atoms with Crippen molar-refractivity contribution in [2.24, 2.45) is 0 Å². The van der Waals surface area contributed by atoms with Crippen molar-refractivity contribution in [1.82, 2.24) is 0 Å². The van der Waals surface area contributed by atoms with Crippen LogP contribution in [0.3, 0.4) is 0 Å². The Bertz CT molecular complexity index is 898.